The number of nitrogens with zero attached hydrogens (tertiary/aromatic N) is 2. The molecule has 7 rings (SSSR count). The fraction of sp³-hybridized carbons (Fsp3) is 0.308. The maximum absolute atomic E-state index is 16.7. The first-order valence-electron chi connectivity index (χ1n) is 20.9. The van der Waals surface area contributed by atoms with E-state index in [4.69, 9.17) is 9.47 Å². The third kappa shape index (κ3) is 9.42. The van der Waals surface area contributed by atoms with E-state index in [0.29, 0.717) is 17.6 Å². The Morgan fingerprint density at radius 2 is 1.32 bits per heavy atom. The van der Waals surface area contributed by atoms with Crippen molar-refractivity contribution >= 4 is 40.8 Å². The van der Waals surface area contributed by atoms with Crippen LogP contribution in [0.15, 0.2) is 133 Å². The summed E-state index contributed by atoms with van der Waals surface area (Å²) in [7, 11) is 0. The molecule has 1 aliphatic heterocycles. The van der Waals surface area contributed by atoms with Crippen LogP contribution in [0.3, 0.4) is 0 Å². The van der Waals surface area contributed by atoms with E-state index < -0.39 is 45.8 Å². The number of aromatic nitrogens is 1. The standard InChI is InChI=1S/C52H53F3N2O4S/c1-34-29-41-40-25-17-18-26-44(40)57(47(41)48(56(34)33-51(6,7)55)46-42(53)30-36(31-43(46)54)27-28-45(58)61-50(3,4)5)49(59)60-32-35(2)62-52(37-19-11-8-12-20-37,38-21-13-9-14-22-38)39-23-15-10-16-24-39/h8-28,30-31,34-35,48H,29,32-33H2,1-7H3/b28-27+/t34-,35-,48-/m1/s1. The fourth-order valence-electron chi connectivity index (χ4n) is 8.61. The fourth-order valence-corrected chi connectivity index (χ4v) is 10.2. The first-order valence-corrected chi connectivity index (χ1v) is 21.8. The van der Waals surface area contributed by atoms with Crippen molar-refractivity contribution in [3.8, 4) is 0 Å². The van der Waals surface area contributed by atoms with E-state index in [1.807, 2.05) is 80.6 Å². The van der Waals surface area contributed by atoms with Crippen LogP contribution >= 0.6 is 11.8 Å². The molecule has 10 heteroatoms. The number of fused-ring (bicyclic) bond motifs is 3. The van der Waals surface area contributed by atoms with Crippen molar-refractivity contribution in [2.45, 2.75) is 88.2 Å². The molecule has 0 spiro atoms. The lowest BCUT2D eigenvalue weighted by Gasteiger charge is -2.43. The summed E-state index contributed by atoms with van der Waals surface area (Å²) >= 11 is 1.67. The third-order valence-corrected chi connectivity index (χ3v) is 12.6. The lowest BCUT2D eigenvalue weighted by molar-refractivity contribution is -0.148. The molecule has 5 aromatic carbocycles. The minimum Gasteiger partial charge on any atom is -0.457 e. The van der Waals surface area contributed by atoms with Gasteiger partial charge in [-0.2, -0.15) is 0 Å². The van der Waals surface area contributed by atoms with E-state index in [9.17, 15) is 9.59 Å². The van der Waals surface area contributed by atoms with Gasteiger partial charge in [-0.25, -0.2) is 27.3 Å². The molecule has 0 saturated heterocycles. The zero-order valence-electron chi connectivity index (χ0n) is 36.2. The number of rotatable bonds is 12. The Labute approximate surface area is 366 Å². The third-order valence-electron chi connectivity index (χ3n) is 11.0. The summed E-state index contributed by atoms with van der Waals surface area (Å²) in [5.41, 5.74) is 2.01. The SMILES string of the molecule is C[C@H](COC(=O)n1c2c(c3ccccc31)C[C@@H](C)N(CC(C)(C)F)[C@@H]2c1c(F)cc(/C=C/C(=O)OC(C)(C)C)cc1F)SC(c1ccccc1)(c1ccccc1)c1ccccc1. The van der Waals surface area contributed by atoms with Crippen molar-refractivity contribution in [3.05, 3.63) is 184 Å². The zero-order valence-corrected chi connectivity index (χ0v) is 37.0. The molecule has 0 saturated carbocycles. The molecule has 322 valence electrons. The van der Waals surface area contributed by atoms with Gasteiger partial charge in [0.1, 0.15) is 29.5 Å². The number of hydrogen-bond donors (Lipinski definition) is 0. The van der Waals surface area contributed by atoms with Crippen LogP contribution in [0.1, 0.15) is 93.6 Å². The van der Waals surface area contributed by atoms with Crippen LogP contribution in [-0.4, -0.2) is 57.2 Å². The van der Waals surface area contributed by atoms with E-state index in [2.05, 4.69) is 36.4 Å². The summed E-state index contributed by atoms with van der Waals surface area (Å²) in [5, 5.41) is 0.486. The molecule has 6 aromatic rings. The number of esters is 1. The molecule has 0 aliphatic carbocycles. The molecule has 6 nitrogen and oxygen atoms in total. The quantitative estimate of drug-likeness (QED) is 0.0694. The highest BCUT2D eigenvalue weighted by atomic mass is 32.2. The molecule has 0 bridgehead atoms. The Morgan fingerprint density at radius 3 is 1.84 bits per heavy atom. The van der Waals surface area contributed by atoms with Crippen LogP contribution in [-0.2, 0) is 25.4 Å². The molecule has 0 radical (unpaired) electrons. The second-order valence-electron chi connectivity index (χ2n) is 17.6. The van der Waals surface area contributed by atoms with Crippen molar-refractivity contribution in [2.75, 3.05) is 13.2 Å². The number of para-hydroxylation sites is 1. The molecule has 1 aliphatic rings. The van der Waals surface area contributed by atoms with Gasteiger partial charge in [-0.05, 0) is 107 Å². The minimum absolute atomic E-state index is 0.00271. The van der Waals surface area contributed by atoms with Gasteiger partial charge >= 0.3 is 12.1 Å². The number of alkyl halides is 1. The van der Waals surface area contributed by atoms with Crippen LogP contribution < -0.4 is 0 Å². The predicted octanol–water partition coefficient (Wildman–Crippen LogP) is 12.5. The van der Waals surface area contributed by atoms with E-state index in [0.717, 1.165) is 45.8 Å². The van der Waals surface area contributed by atoms with Crippen molar-refractivity contribution in [2.24, 2.45) is 0 Å². The first kappa shape index (κ1) is 44.5. The highest BCUT2D eigenvalue weighted by molar-refractivity contribution is 8.01. The number of ether oxygens (including phenoxy) is 2. The van der Waals surface area contributed by atoms with Crippen LogP contribution in [0, 0.1) is 11.6 Å². The monoisotopic (exact) mass is 858 g/mol. The summed E-state index contributed by atoms with van der Waals surface area (Å²) in [4.78, 5) is 28.9. The smallest absolute Gasteiger partial charge is 0.418 e. The summed E-state index contributed by atoms with van der Waals surface area (Å²) in [6.45, 7) is 11.8. The topological polar surface area (TPSA) is 60.8 Å². The van der Waals surface area contributed by atoms with Gasteiger partial charge in [0, 0.05) is 34.9 Å². The average molecular weight is 859 g/mol. The molecular weight excluding hydrogens is 806 g/mol. The summed E-state index contributed by atoms with van der Waals surface area (Å²) in [5.74, 6) is -2.48. The van der Waals surface area contributed by atoms with Gasteiger partial charge in [0.25, 0.3) is 0 Å². The average Bonchev–Trinajstić information content (AvgIpc) is 3.55. The Balaban J connectivity index is 1.29. The Bertz CT molecular complexity index is 2440. The van der Waals surface area contributed by atoms with Gasteiger partial charge in [-0.1, -0.05) is 109 Å². The molecule has 0 N–H and O–H groups in total. The highest BCUT2D eigenvalue weighted by Crippen LogP contribution is 2.50. The van der Waals surface area contributed by atoms with E-state index in [1.165, 1.54) is 24.5 Å². The van der Waals surface area contributed by atoms with Gasteiger partial charge in [0.15, 0.2) is 0 Å². The van der Waals surface area contributed by atoms with Gasteiger partial charge in [0.2, 0.25) is 0 Å². The Hall–Kier alpha value is -5.58. The van der Waals surface area contributed by atoms with Crippen molar-refractivity contribution in [1.82, 2.24) is 9.47 Å². The van der Waals surface area contributed by atoms with E-state index in [1.54, 1.807) is 49.6 Å². The lowest BCUT2D eigenvalue weighted by Crippen LogP contribution is -2.49. The molecule has 0 fully saturated rings. The molecule has 3 atom stereocenters. The van der Waals surface area contributed by atoms with Crippen molar-refractivity contribution in [1.29, 1.82) is 0 Å². The molecular formula is C52H53F3N2O4S. The number of thioether (sulfide) groups is 1. The van der Waals surface area contributed by atoms with E-state index >= 15 is 13.2 Å². The molecule has 1 aromatic heterocycles. The van der Waals surface area contributed by atoms with Gasteiger partial charge in [-0.15, -0.1) is 11.8 Å². The van der Waals surface area contributed by atoms with Gasteiger partial charge in [0.05, 0.1) is 22.0 Å². The summed E-state index contributed by atoms with van der Waals surface area (Å²) in [6.07, 6.45) is 2.09. The first-order chi connectivity index (χ1) is 29.5. The van der Waals surface area contributed by atoms with Gasteiger partial charge in [-0.3, -0.25) is 4.90 Å². The second-order valence-corrected chi connectivity index (χ2v) is 19.3. The number of carbonyl (C=O) groups excluding carboxylic acids is 2. The van der Waals surface area contributed by atoms with Crippen LogP contribution in [0.5, 0.6) is 0 Å². The van der Waals surface area contributed by atoms with Crippen LogP contribution in [0.2, 0.25) is 0 Å². The highest BCUT2D eigenvalue weighted by Gasteiger charge is 2.44. The maximum atomic E-state index is 16.7. The maximum Gasteiger partial charge on any atom is 0.418 e. The normalized spacial score (nSPS) is 16.6. The predicted molar refractivity (Wildman–Crippen MR) is 243 cm³/mol. The minimum atomic E-state index is -1.76. The lowest BCUT2D eigenvalue weighted by atomic mass is 9.84. The van der Waals surface area contributed by atoms with Crippen LogP contribution in [0.4, 0.5) is 18.0 Å². The molecule has 2 heterocycles. The number of benzene rings is 5. The molecule has 62 heavy (non-hydrogen) atoms. The van der Waals surface area contributed by atoms with Gasteiger partial charge < -0.3 is 9.47 Å². The van der Waals surface area contributed by atoms with Crippen LogP contribution in [0.25, 0.3) is 17.0 Å². The number of halogens is 3. The number of hydrogen-bond acceptors (Lipinski definition) is 6. The Kier molecular flexibility index (Phi) is 12.9. The van der Waals surface area contributed by atoms with E-state index in [-0.39, 0.29) is 35.6 Å². The largest absolute Gasteiger partial charge is 0.457 e. The van der Waals surface area contributed by atoms with Crippen molar-refractivity contribution < 1.29 is 32.2 Å². The Morgan fingerprint density at radius 1 is 0.806 bits per heavy atom. The summed E-state index contributed by atoms with van der Waals surface area (Å²) in [6, 6.07) is 38.8. The zero-order chi connectivity index (χ0) is 44.4. The van der Waals surface area contributed by atoms with Crippen molar-refractivity contribution in [3.63, 3.8) is 0 Å². The second kappa shape index (κ2) is 18.0. The molecule has 0 amide bonds. The molecule has 0 unspecified atom stereocenters. The summed E-state index contributed by atoms with van der Waals surface area (Å²) < 4.78 is 61.5. The number of carbonyl (C=O) groups is 2.